The minimum Gasteiger partial charge on any atom is -0.435 e. The minimum absolute atomic E-state index is 0.217. The first-order valence-electron chi connectivity index (χ1n) is 12.3. The van der Waals surface area contributed by atoms with E-state index in [9.17, 15) is 8.78 Å². The summed E-state index contributed by atoms with van der Waals surface area (Å²) < 4.78 is 28.9. The zero-order chi connectivity index (χ0) is 21.9. The standard InChI is InChI=1S/C28H38F2O/c1-2-3-4-5-6-7-22-10-16-25(17-11-22)26-18-12-23(13-19-26)8-9-24-14-20-27(21-15-24)31-28(29)30/h12-15,18-22,25,28H,2-11,16-17H2,1H3. The molecule has 0 amide bonds. The Balaban J connectivity index is 1.38. The highest BCUT2D eigenvalue weighted by atomic mass is 19.3. The first-order chi connectivity index (χ1) is 15.1. The molecule has 1 aliphatic carbocycles. The smallest absolute Gasteiger partial charge is 0.387 e. The lowest BCUT2D eigenvalue weighted by Crippen LogP contribution is -2.13. The molecule has 0 atom stereocenters. The number of hydrogen-bond donors (Lipinski definition) is 0. The van der Waals surface area contributed by atoms with Crippen LogP contribution in [0, 0.1) is 5.92 Å². The maximum Gasteiger partial charge on any atom is 0.387 e. The molecule has 1 saturated carbocycles. The van der Waals surface area contributed by atoms with Crippen LogP contribution in [0.3, 0.4) is 0 Å². The van der Waals surface area contributed by atoms with Crippen LogP contribution in [-0.4, -0.2) is 6.61 Å². The van der Waals surface area contributed by atoms with Crippen molar-refractivity contribution in [2.75, 3.05) is 0 Å². The van der Waals surface area contributed by atoms with E-state index in [1.54, 1.807) is 12.1 Å². The van der Waals surface area contributed by atoms with Crippen molar-refractivity contribution in [1.29, 1.82) is 0 Å². The lowest BCUT2D eigenvalue weighted by atomic mass is 9.77. The van der Waals surface area contributed by atoms with E-state index in [2.05, 4.69) is 35.9 Å². The summed E-state index contributed by atoms with van der Waals surface area (Å²) in [5.74, 6) is 1.90. The van der Waals surface area contributed by atoms with Gasteiger partial charge in [-0.3, -0.25) is 0 Å². The molecule has 0 bridgehead atoms. The molecule has 0 spiro atoms. The summed E-state index contributed by atoms with van der Waals surface area (Å²) in [5, 5.41) is 0. The largest absolute Gasteiger partial charge is 0.435 e. The number of benzene rings is 2. The summed E-state index contributed by atoms with van der Waals surface area (Å²) in [6.45, 7) is -0.488. The molecule has 1 fully saturated rings. The Hall–Kier alpha value is -1.90. The van der Waals surface area contributed by atoms with Gasteiger partial charge in [-0.15, -0.1) is 0 Å². The quantitative estimate of drug-likeness (QED) is 0.307. The molecule has 3 heteroatoms. The molecule has 2 aromatic rings. The summed E-state index contributed by atoms with van der Waals surface area (Å²) in [6.07, 6.45) is 15.7. The molecule has 1 aliphatic rings. The van der Waals surface area contributed by atoms with E-state index < -0.39 is 6.61 Å². The van der Waals surface area contributed by atoms with Crippen LogP contribution < -0.4 is 4.74 Å². The molecule has 0 heterocycles. The van der Waals surface area contributed by atoms with Crippen LogP contribution in [-0.2, 0) is 12.8 Å². The first-order valence-corrected chi connectivity index (χ1v) is 12.3. The maximum absolute atomic E-state index is 12.2. The fraction of sp³-hybridized carbons (Fsp3) is 0.571. The van der Waals surface area contributed by atoms with Crippen molar-refractivity contribution in [2.24, 2.45) is 5.92 Å². The van der Waals surface area contributed by atoms with E-state index in [-0.39, 0.29) is 5.75 Å². The van der Waals surface area contributed by atoms with E-state index in [0.29, 0.717) is 0 Å². The SMILES string of the molecule is CCCCCCCC1CCC(c2ccc(CCc3ccc(OC(F)F)cc3)cc2)CC1. The Labute approximate surface area is 187 Å². The Kier molecular flexibility index (Phi) is 9.84. The number of ether oxygens (including phenoxy) is 1. The third kappa shape index (κ3) is 8.27. The molecule has 0 aromatic heterocycles. The average molecular weight is 429 g/mol. The lowest BCUT2D eigenvalue weighted by molar-refractivity contribution is -0.0498. The third-order valence-corrected chi connectivity index (χ3v) is 6.86. The van der Waals surface area contributed by atoms with Gasteiger partial charge in [0.1, 0.15) is 5.75 Å². The van der Waals surface area contributed by atoms with Crippen LogP contribution in [0.1, 0.15) is 93.7 Å². The number of hydrogen-bond acceptors (Lipinski definition) is 1. The number of halogens is 2. The van der Waals surface area contributed by atoms with Crippen LogP contribution in [0.25, 0.3) is 0 Å². The molecule has 1 nitrogen and oxygen atoms in total. The topological polar surface area (TPSA) is 9.23 Å². The molecular weight excluding hydrogens is 390 g/mol. The zero-order valence-corrected chi connectivity index (χ0v) is 19.0. The van der Waals surface area contributed by atoms with E-state index in [0.717, 1.165) is 30.2 Å². The van der Waals surface area contributed by atoms with Crippen LogP contribution in [0.4, 0.5) is 8.78 Å². The number of aryl methyl sites for hydroxylation is 2. The highest BCUT2D eigenvalue weighted by molar-refractivity contribution is 5.30. The fourth-order valence-electron chi connectivity index (χ4n) is 4.90. The Morgan fingerprint density at radius 3 is 1.94 bits per heavy atom. The van der Waals surface area contributed by atoms with Crippen LogP contribution in [0.2, 0.25) is 0 Å². The monoisotopic (exact) mass is 428 g/mol. The highest BCUT2D eigenvalue weighted by Crippen LogP contribution is 2.37. The van der Waals surface area contributed by atoms with Gasteiger partial charge in [0.25, 0.3) is 0 Å². The predicted molar refractivity (Wildman–Crippen MR) is 125 cm³/mol. The van der Waals surface area contributed by atoms with Gasteiger partial charge in [-0.25, -0.2) is 0 Å². The van der Waals surface area contributed by atoms with Gasteiger partial charge in [-0.1, -0.05) is 81.8 Å². The van der Waals surface area contributed by atoms with Crippen molar-refractivity contribution in [3.05, 3.63) is 65.2 Å². The summed E-state index contributed by atoms with van der Waals surface area (Å²) in [4.78, 5) is 0. The number of unbranched alkanes of at least 4 members (excludes halogenated alkanes) is 4. The van der Waals surface area contributed by atoms with Crippen molar-refractivity contribution < 1.29 is 13.5 Å². The normalized spacial score (nSPS) is 19.0. The van der Waals surface area contributed by atoms with Gasteiger partial charge >= 0.3 is 6.61 Å². The van der Waals surface area contributed by atoms with E-state index >= 15 is 0 Å². The van der Waals surface area contributed by atoms with Gasteiger partial charge in [0, 0.05) is 0 Å². The molecule has 0 aliphatic heterocycles. The molecule has 3 rings (SSSR count). The number of alkyl halides is 2. The lowest BCUT2D eigenvalue weighted by Gasteiger charge is -2.29. The van der Waals surface area contributed by atoms with Crippen LogP contribution in [0.5, 0.6) is 5.75 Å². The Bertz CT molecular complexity index is 731. The van der Waals surface area contributed by atoms with Crippen LogP contribution in [0.15, 0.2) is 48.5 Å². The zero-order valence-electron chi connectivity index (χ0n) is 19.0. The summed E-state index contributed by atoms with van der Waals surface area (Å²) in [5.41, 5.74) is 3.97. The average Bonchev–Trinajstić information content (AvgIpc) is 2.79. The van der Waals surface area contributed by atoms with Gasteiger partial charge in [0.15, 0.2) is 0 Å². The second-order valence-corrected chi connectivity index (χ2v) is 9.18. The molecule has 0 saturated heterocycles. The predicted octanol–water partition coefficient (Wildman–Crippen LogP) is 8.71. The Morgan fingerprint density at radius 2 is 1.35 bits per heavy atom. The molecule has 170 valence electrons. The van der Waals surface area contributed by atoms with Crippen molar-refractivity contribution in [3.63, 3.8) is 0 Å². The van der Waals surface area contributed by atoms with Gasteiger partial charge in [-0.05, 0) is 79.2 Å². The molecular formula is C28H38F2O. The van der Waals surface area contributed by atoms with Crippen molar-refractivity contribution in [3.8, 4) is 5.75 Å². The van der Waals surface area contributed by atoms with E-state index in [1.807, 2.05) is 12.1 Å². The van der Waals surface area contributed by atoms with Gasteiger partial charge in [0.05, 0.1) is 0 Å². The van der Waals surface area contributed by atoms with Gasteiger partial charge < -0.3 is 4.74 Å². The molecule has 2 aromatic carbocycles. The number of rotatable bonds is 12. The fourth-order valence-corrected chi connectivity index (χ4v) is 4.90. The molecule has 31 heavy (non-hydrogen) atoms. The molecule has 0 unspecified atom stereocenters. The second-order valence-electron chi connectivity index (χ2n) is 9.18. The first kappa shape index (κ1) is 23.8. The molecule has 0 N–H and O–H groups in total. The van der Waals surface area contributed by atoms with E-state index in [4.69, 9.17) is 0 Å². The maximum atomic E-state index is 12.2. The van der Waals surface area contributed by atoms with E-state index in [1.165, 1.54) is 75.3 Å². The summed E-state index contributed by atoms with van der Waals surface area (Å²) in [6, 6.07) is 16.2. The van der Waals surface area contributed by atoms with Crippen LogP contribution >= 0.6 is 0 Å². The minimum atomic E-state index is -2.77. The third-order valence-electron chi connectivity index (χ3n) is 6.86. The Morgan fingerprint density at radius 1 is 0.774 bits per heavy atom. The molecule has 0 radical (unpaired) electrons. The van der Waals surface area contributed by atoms with Crippen molar-refractivity contribution in [1.82, 2.24) is 0 Å². The summed E-state index contributed by atoms with van der Waals surface area (Å²) >= 11 is 0. The van der Waals surface area contributed by atoms with Gasteiger partial charge in [0.2, 0.25) is 0 Å². The van der Waals surface area contributed by atoms with Crippen molar-refractivity contribution in [2.45, 2.75) is 96.5 Å². The summed E-state index contributed by atoms with van der Waals surface area (Å²) in [7, 11) is 0. The second kappa shape index (κ2) is 12.8. The van der Waals surface area contributed by atoms with Gasteiger partial charge in [-0.2, -0.15) is 8.78 Å². The highest BCUT2D eigenvalue weighted by Gasteiger charge is 2.22. The van der Waals surface area contributed by atoms with Crippen molar-refractivity contribution >= 4 is 0 Å².